The predicted molar refractivity (Wildman–Crippen MR) is 80.2 cm³/mol. The number of benzene rings is 1. The lowest BCUT2D eigenvalue weighted by Gasteiger charge is -2.08. The number of rotatable bonds is 4. The van der Waals surface area contributed by atoms with Crippen LogP contribution in [0.5, 0.6) is 0 Å². The van der Waals surface area contributed by atoms with Crippen LogP contribution in [0, 0.1) is 0 Å². The van der Waals surface area contributed by atoms with E-state index in [0.29, 0.717) is 4.90 Å². The molecule has 1 aliphatic rings. The van der Waals surface area contributed by atoms with E-state index in [1.807, 2.05) is 0 Å². The third kappa shape index (κ3) is 2.94. The molecule has 1 fully saturated rings. The second kappa shape index (κ2) is 5.31. The van der Waals surface area contributed by atoms with Gasteiger partial charge in [0, 0.05) is 19.4 Å². The maximum Gasteiger partial charge on any atom is 0.183 e. The third-order valence-corrected chi connectivity index (χ3v) is 5.38. The minimum absolute atomic E-state index is 0.258. The van der Waals surface area contributed by atoms with Crippen molar-refractivity contribution in [3.05, 3.63) is 18.2 Å². The third-order valence-electron chi connectivity index (χ3n) is 3.29. The summed E-state index contributed by atoms with van der Waals surface area (Å²) in [6.07, 6.45) is 3.67. The molecule has 0 radical (unpaired) electrons. The summed E-state index contributed by atoms with van der Waals surface area (Å²) < 4.78 is 29.5. The lowest BCUT2D eigenvalue weighted by molar-refractivity contribution is 0.120. The van der Waals surface area contributed by atoms with E-state index in [4.69, 9.17) is 4.74 Å². The van der Waals surface area contributed by atoms with Crippen LogP contribution in [-0.2, 0) is 14.6 Å². The number of ether oxygens (including phenoxy) is 1. The maximum absolute atomic E-state index is 11.5. The summed E-state index contributed by atoms with van der Waals surface area (Å²) in [7, 11) is -3.17. The first kappa shape index (κ1) is 13.8. The van der Waals surface area contributed by atoms with Crippen LogP contribution in [-0.4, -0.2) is 38.9 Å². The van der Waals surface area contributed by atoms with Gasteiger partial charge in [0.05, 0.1) is 21.2 Å². The maximum atomic E-state index is 11.5. The quantitative estimate of drug-likeness (QED) is 0.938. The first-order chi connectivity index (χ1) is 9.52. The van der Waals surface area contributed by atoms with E-state index < -0.39 is 9.84 Å². The molecule has 1 N–H and O–H groups in total. The summed E-state index contributed by atoms with van der Waals surface area (Å²) in [5.41, 5.74) is 0.817. The Kier molecular flexibility index (Phi) is 3.66. The number of hydrogen-bond acceptors (Lipinski definition) is 6. The topological polar surface area (TPSA) is 68.3 Å². The first-order valence-corrected chi connectivity index (χ1v) is 9.19. The highest BCUT2D eigenvalue weighted by Gasteiger charge is 2.16. The SMILES string of the molecule is CS(=O)(=O)c1ccc2nc(NC[C@H]3CCCO3)sc2c1. The number of anilines is 1. The van der Waals surface area contributed by atoms with E-state index in [1.165, 1.54) is 17.6 Å². The number of nitrogens with one attached hydrogen (secondary N) is 1. The fourth-order valence-electron chi connectivity index (χ4n) is 2.22. The summed E-state index contributed by atoms with van der Waals surface area (Å²) >= 11 is 1.47. The van der Waals surface area contributed by atoms with Crippen LogP contribution in [0.25, 0.3) is 10.2 Å². The zero-order valence-electron chi connectivity index (χ0n) is 11.1. The molecule has 1 aromatic heterocycles. The average Bonchev–Trinajstić information content (AvgIpc) is 3.03. The van der Waals surface area contributed by atoms with Crippen molar-refractivity contribution in [3.8, 4) is 0 Å². The molecule has 108 valence electrons. The molecule has 20 heavy (non-hydrogen) atoms. The van der Waals surface area contributed by atoms with E-state index in [1.54, 1.807) is 18.2 Å². The summed E-state index contributed by atoms with van der Waals surface area (Å²) in [5.74, 6) is 0. The van der Waals surface area contributed by atoms with Crippen LogP contribution >= 0.6 is 11.3 Å². The van der Waals surface area contributed by atoms with E-state index in [9.17, 15) is 8.42 Å². The summed E-state index contributed by atoms with van der Waals surface area (Å²) in [6, 6.07) is 5.03. The van der Waals surface area contributed by atoms with Gasteiger partial charge in [-0.15, -0.1) is 0 Å². The highest BCUT2D eigenvalue weighted by molar-refractivity contribution is 7.90. The van der Waals surface area contributed by atoms with Gasteiger partial charge in [-0.1, -0.05) is 11.3 Å². The van der Waals surface area contributed by atoms with Crippen molar-refractivity contribution >= 4 is 36.5 Å². The van der Waals surface area contributed by atoms with Crippen LogP contribution in [0.15, 0.2) is 23.1 Å². The number of hydrogen-bond donors (Lipinski definition) is 1. The molecule has 1 aromatic carbocycles. The Hall–Kier alpha value is -1.18. The molecular weight excluding hydrogens is 296 g/mol. The van der Waals surface area contributed by atoms with Crippen LogP contribution < -0.4 is 5.32 Å². The van der Waals surface area contributed by atoms with Crippen LogP contribution in [0.4, 0.5) is 5.13 Å². The van der Waals surface area contributed by atoms with Gasteiger partial charge in [0.15, 0.2) is 15.0 Å². The number of nitrogens with zero attached hydrogens (tertiary/aromatic N) is 1. The monoisotopic (exact) mass is 312 g/mol. The van der Waals surface area contributed by atoms with Gasteiger partial charge in [-0.2, -0.15) is 0 Å². The van der Waals surface area contributed by atoms with Gasteiger partial charge in [0.2, 0.25) is 0 Å². The van der Waals surface area contributed by atoms with Gasteiger partial charge in [-0.3, -0.25) is 0 Å². The molecular formula is C13H16N2O3S2. The molecule has 2 aromatic rings. The van der Waals surface area contributed by atoms with Gasteiger partial charge in [0.1, 0.15) is 0 Å². The summed E-state index contributed by atoms with van der Waals surface area (Å²) in [6.45, 7) is 1.59. The largest absolute Gasteiger partial charge is 0.376 e. The van der Waals surface area contributed by atoms with Gasteiger partial charge < -0.3 is 10.1 Å². The molecule has 1 atom stereocenters. The van der Waals surface area contributed by atoms with Crippen molar-refractivity contribution in [3.63, 3.8) is 0 Å². The Bertz CT molecular complexity index is 718. The highest BCUT2D eigenvalue weighted by Crippen LogP contribution is 2.28. The standard InChI is InChI=1S/C13H16N2O3S2/c1-20(16,17)10-4-5-11-12(7-10)19-13(15-11)14-8-9-3-2-6-18-9/h4-5,7,9H,2-3,6,8H2,1H3,(H,14,15)/t9-/m1/s1. The van der Waals surface area contributed by atoms with Gasteiger partial charge >= 0.3 is 0 Å². The van der Waals surface area contributed by atoms with E-state index in [0.717, 1.165) is 41.3 Å². The number of aromatic nitrogens is 1. The molecule has 3 rings (SSSR count). The van der Waals surface area contributed by atoms with E-state index in [2.05, 4.69) is 10.3 Å². The number of thiazole rings is 1. The normalized spacial score (nSPS) is 19.6. The van der Waals surface area contributed by atoms with Crippen molar-refractivity contribution in [2.75, 3.05) is 24.7 Å². The van der Waals surface area contributed by atoms with Crippen molar-refractivity contribution in [2.24, 2.45) is 0 Å². The van der Waals surface area contributed by atoms with Crippen molar-refractivity contribution in [1.82, 2.24) is 4.98 Å². The number of fused-ring (bicyclic) bond motifs is 1. The first-order valence-electron chi connectivity index (χ1n) is 6.48. The van der Waals surface area contributed by atoms with Crippen LogP contribution in [0.3, 0.4) is 0 Å². The predicted octanol–water partition coefficient (Wildman–Crippen LogP) is 2.29. The lowest BCUT2D eigenvalue weighted by atomic mass is 10.2. The molecule has 0 saturated carbocycles. The van der Waals surface area contributed by atoms with E-state index >= 15 is 0 Å². The Morgan fingerprint density at radius 3 is 3.05 bits per heavy atom. The fourth-order valence-corrected chi connectivity index (χ4v) is 3.85. The summed E-state index contributed by atoms with van der Waals surface area (Å²) in [4.78, 5) is 4.79. The molecule has 0 aliphatic carbocycles. The highest BCUT2D eigenvalue weighted by atomic mass is 32.2. The van der Waals surface area contributed by atoms with Crippen molar-refractivity contribution in [1.29, 1.82) is 0 Å². The Labute approximate surface area is 121 Å². The summed E-state index contributed by atoms with van der Waals surface area (Å²) in [5, 5.41) is 4.07. The molecule has 7 heteroatoms. The average molecular weight is 312 g/mol. The van der Waals surface area contributed by atoms with Gasteiger partial charge in [-0.05, 0) is 31.0 Å². The second-order valence-electron chi connectivity index (χ2n) is 4.94. The van der Waals surface area contributed by atoms with Gasteiger partial charge in [0.25, 0.3) is 0 Å². The molecule has 1 saturated heterocycles. The second-order valence-corrected chi connectivity index (χ2v) is 7.98. The van der Waals surface area contributed by atoms with Crippen molar-refractivity contribution in [2.45, 2.75) is 23.8 Å². The minimum atomic E-state index is -3.17. The fraction of sp³-hybridized carbons (Fsp3) is 0.462. The zero-order valence-corrected chi connectivity index (χ0v) is 12.8. The van der Waals surface area contributed by atoms with E-state index in [-0.39, 0.29) is 6.10 Å². The molecule has 5 nitrogen and oxygen atoms in total. The van der Waals surface area contributed by atoms with Crippen LogP contribution in [0.1, 0.15) is 12.8 Å². The molecule has 0 spiro atoms. The zero-order chi connectivity index (χ0) is 14.2. The Morgan fingerprint density at radius 1 is 1.50 bits per heavy atom. The number of sulfone groups is 1. The van der Waals surface area contributed by atoms with Gasteiger partial charge in [-0.25, -0.2) is 13.4 Å². The van der Waals surface area contributed by atoms with Crippen LogP contribution in [0.2, 0.25) is 0 Å². The Balaban J connectivity index is 1.79. The Morgan fingerprint density at radius 2 is 2.35 bits per heavy atom. The molecule has 0 bridgehead atoms. The molecule has 2 heterocycles. The molecule has 0 amide bonds. The molecule has 1 aliphatic heterocycles. The minimum Gasteiger partial charge on any atom is -0.376 e. The van der Waals surface area contributed by atoms with Crippen molar-refractivity contribution < 1.29 is 13.2 Å². The molecule has 0 unspecified atom stereocenters. The lowest BCUT2D eigenvalue weighted by Crippen LogP contribution is -2.18. The smallest absolute Gasteiger partial charge is 0.183 e.